The lowest BCUT2D eigenvalue weighted by Crippen LogP contribution is -2.52. The molecule has 1 aliphatic heterocycles. The first-order valence-electron chi connectivity index (χ1n) is 8.89. The Morgan fingerprint density at radius 3 is 2.55 bits per heavy atom. The van der Waals surface area contributed by atoms with Crippen LogP contribution in [0.25, 0.3) is 11.8 Å². The van der Waals surface area contributed by atoms with Crippen molar-refractivity contribution in [3.63, 3.8) is 0 Å². The largest absolute Gasteiger partial charge is 0.465 e. The van der Waals surface area contributed by atoms with Crippen molar-refractivity contribution < 1.29 is 19.1 Å². The highest BCUT2D eigenvalue weighted by atomic mass is 32.1. The summed E-state index contributed by atoms with van der Waals surface area (Å²) in [5.74, 6) is -1.38. The number of benzene rings is 1. The topological polar surface area (TPSA) is 80.6 Å². The quantitative estimate of drug-likeness (QED) is 0.363. The SMILES string of the molecule is COC(=O)c1cccc(-n2c(C)cc(/C=C3\C(=O)NC(=S)N(C)C3=O)c2C)c1C. The number of likely N-dealkylation sites (N-methyl/N-ethyl adjacent to an activating group) is 1. The Labute approximate surface area is 173 Å². The van der Waals surface area contributed by atoms with Crippen molar-refractivity contribution in [3.8, 4) is 5.69 Å². The Bertz CT molecular complexity index is 1100. The summed E-state index contributed by atoms with van der Waals surface area (Å²) in [5.41, 5.74) is 4.55. The summed E-state index contributed by atoms with van der Waals surface area (Å²) in [7, 11) is 2.86. The first kappa shape index (κ1) is 20.5. The van der Waals surface area contributed by atoms with Crippen LogP contribution in [-0.4, -0.2) is 46.5 Å². The van der Waals surface area contributed by atoms with Gasteiger partial charge in [-0.1, -0.05) is 6.07 Å². The number of hydrogen-bond donors (Lipinski definition) is 1. The van der Waals surface area contributed by atoms with Gasteiger partial charge in [-0.2, -0.15) is 0 Å². The molecule has 1 aliphatic rings. The summed E-state index contributed by atoms with van der Waals surface area (Å²) >= 11 is 4.98. The Morgan fingerprint density at radius 2 is 1.90 bits per heavy atom. The monoisotopic (exact) mass is 411 g/mol. The minimum atomic E-state index is -0.522. The van der Waals surface area contributed by atoms with Crippen LogP contribution in [0.5, 0.6) is 0 Å². The van der Waals surface area contributed by atoms with Crippen molar-refractivity contribution in [2.45, 2.75) is 20.8 Å². The molecule has 29 heavy (non-hydrogen) atoms. The minimum Gasteiger partial charge on any atom is -0.465 e. The van der Waals surface area contributed by atoms with Crippen molar-refractivity contribution in [2.75, 3.05) is 14.2 Å². The number of carbonyl (C=O) groups is 3. The highest BCUT2D eigenvalue weighted by molar-refractivity contribution is 7.80. The molecule has 2 aromatic rings. The van der Waals surface area contributed by atoms with E-state index < -0.39 is 17.8 Å². The van der Waals surface area contributed by atoms with Crippen LogP contribution in [0.1, 0.15) is 32.9 Å². The zero-order chi connectivity index (χ0) is 21.5. The van der Waals surface area contributed by atoms with Crippen molar-refractivity contribution in [1.29, 1.82) is 0 Å². The minimum absolute atomic E-state index is 0.0152. The Balaban J connectivity index is 2.12. The molecule has 7 nitrogen and oxygen atoms in total. The Kier molecular flexibility index (Phi) is 5.39. The molecule has 0 unspecified atom stereocenters. The zero-order valence-electron chi connectivity index (χ0n) is 16.8. The van der Waals surface area contributed by atoms with Gasteiger partial charge in [0.05, 0.1) is 12.7 Å². The number of nitrogens with zero attached hydrogens (tertiary/aromatic N) is 2. The molecule has 0 atom stereocenters. The van der Waals surface area contributed by atoms with Gasteiger partial charge in [0.15, 0.2) is 5.11 Å². The second-order valence-electron chi connectivity index (χ2n) is 6.78. The van der Waals surface area contributed by atoms with Crippen LogP contribution in [0.2, 0.25) is 0 Å². The van der Waals surface area contributed by atoms with Crippen LogP contribution in [0.15, 0.2) is 29.8 Å². The molecule has 1 aromatic carbocycles. The van der Waals surface area contributed by atoms with Gasteiger partial charge in [-0.05, 0) is 68.4 Å². The fourth-order valence-electron chi connectivity index (χ4n) is 3.40. The first-order valence-corrected chi connectivity index (χ1v) is 9.30. The van der Waals surface area contributed by atoms with E-state index in [9.17, 15) is 14.4 Å². The standard InChI is InChI=1S/C21H21N3O4S/c1-11-9-14(10-16-18(25)22-21(29)23(4)19(16)26)13(3)24(11)17-8-6-7-15(12(17)2)20(27)28-5/h6-10H,1-5H3,(H,22,25,29)/b16-10+. The fourth-order valence-corrected chi connectivity index (χ4v) is 3.58. The molecule has 0 spiro atoms. The normalized spacial score (nSPS) is 15.7. The lowest BCUT2D eigenvalue weighted by atomic mass is 10.1. The average Bonchev–Trinajstić information content (AvgIpc) is 2.96. The Hall–Kier alpha value is -3.26. The van der Waals surface area contributed by atoms with Gasteiger partial charge in [0.25, 0.3) is 11.8 Å². The van der Waals surface area contributed by atoms with Gasteiger partial charge in [0.2, 0.25) is 0 Å². The van der Waals surface area contributed by atoms with E-state index in [0.29, 0.717) is 5.56 Å². The summed E-state index contributed by atoms with van der Waals surface area (Å²) < 4.78 is 6.84. The van der Waals surface area contributed by atoms with E-state index >= 15 is 0 Å². The third-order valence-electron chi connectivity index (χ3n) is 5.03. The lowest BCUT2D eigenvalue weighted by Gasteiger charge is -2.25. The molecule has 150 valence electrons. The number of aromatic nitrogens is 1. The van der Waals surface area contributed by atoms with E-state index in [-0.39, 0.29) is 10.7 Å². The fraction of sp³-hybridized carbons (Fsp3) is 0.238. The van der Waals surface area contributed by atoms with Crippen molar-refractivity contribution in [3.05, 3.63) is 57.9 Å². The van der Waals surface area contributed by atoms with E-state index in [1.165, 1.54) is 19.1 Å². The predicted molar refractivity (Wildman–Crippen MR) is 113 cm³/mol. The van der Waals surface area contributed by atoms with E-state index in [1.807, 2.05) is 37.5 Å². The van der Waals surface area contributed by atoms with Crippen LogP contribution in [0, 0.1) is 20.8 Å². The Morgan fingerprint density at radius 1 is 1.21 bits per heavy atom. The molecule has 8 heteroatoms. The number of hydrogen-bond acceptors (Lipinski definition) is 5. The lowest BCUT2D eigenvalue weighted by molar-refractivity contribution is -0.128. The van der Waals surface area contributed by atoms with Gasteiger partial charge in [0.1, 0.15) is 5.57 Å². The maximum absolute atomic E-state index is 12.5. The third-order valence-corrected chi connectivity index (χ3v) is 5.40. The number of carbonyl (C=O) groups excluding carboxylic acids is 3. The molecular weight excluding hydrogens is 390 g/mol. The number of ether oxygens (including phenoxy) is 1. The van der Waals surface area contributed by atoms with Crippen molar-refractivity contribution in [1.82, 2.24) is 14.8 Å². The van der Waals surface area contributed by atoms with Crippen LogP contribution in [0.4, 0.5) is 0 Å². The summed E-state index contributed by atoms with van der Waals surface area (Å²) in [5, 5.41) is 2.59. The molecule has 2 heterocycles. The average molecular weight is 411 g/mol. The zero-order valence-corrected chi connectivity index (χ0v) is 17.6. The molecule has 1 N–H and O–H groups in total. The van der Waals surface area contributed by atoms with Gasteiger partial charge in [0, 0.05) is 24.1 Å². The molecular formula is C21H21N3O4S. The van der Waals surface area contributed by atoms with E-state index in [2.05, 4.69) is 5.32 Å². The number of rotatable bonds is 3. The van der Waals surface area contributed by atoms with E-state index in [0.717, 1.165) is 28.2 Å². The maximum Gasteiger partial charge on any atom is 0.338 e. The molecule has 0 bridgehead atoms. The molecule has 1 fully saturated rings. The van der Waals surface area contributed by atoms with Gasteiger partial charge in [-0.3, -0.25) is 19.8 Å². The van der Waals surface area contributed by atoms with Gasteiger partial charge < -0.3 is 9.30 Å². The maximum atomic E-state index is 12.5. The molecule has 1 aromatic heterocycles. The number of methoxy groups -OCH3 is 1. The van der Waals surface area contributed by atoms with Gasteiger partial charge >= 0.3 is 5.97 Å². The molecule has 1 saturated heterocycles. The molecule has 0 aliphatic carbocycles. The van der Waals surface area contributed by atoms with Gasteiger partial charge in [-0.15, -0.1) is 0 Å². The number of nitrogens with one attached hydrogen (secondary N) is 1. The molecule has 0 saturated carbocycles. The van der Waals surface area contributed by atoms with Gasteiger partial charge in [-0.25, -0.2) is 4.79 Å². The first-order chi connectivity index (χ1) is 13.7. The second-order valence-corrected chi connectivity index (χ2v) is 7.17. The number of aryl methyl sites for hydroxylation is 1. The number of thiocarbonyl (C=S) groups is 1. The predicted octanol–water partition coefficient (Wildman–Crippen LogP) is 2.45. The van der Waals surface area contributed by atoms with Crippen LogP contribution in [0.3, 0.4) is 0 Å². The summed E-state index contributed by atoms with van der Waals surface area (Å²) in [6, 6.07) is 7.30. The van der Waals surface area contributed by atoms with Crippen LogP contribution < -0.4 is 5.32 Å². The molecule has 2 amide bonds. The van der Waals surface area contributed by atoms with Crippen molar-refractivity contribution in [2.24, 2.45) is 0 Å². The molecule has 0 radical (unpaired) electrons. The number of esters is 1. The highest BCUT2D eigenvalue weighted by Crippen LogP contribution is 2.27. The third kappa shape index (κ3) is 3.47. The van der Waals surface area contributed by atoms with E-state index in [4.69, 9.17) is 17.0 Å². The molecule has 3 rings (SSSR count). The number of amides is 2. The smallest absolute Gasteiger partial charge is 0.338 e. The van der Waals surface area contributed by atoms with Crippen LogP contribution >= 0.6 is 12.2 Å². The summed E-state index contributed by atoms with van der Waals surface area (Å²) in [6.07, 6.45) is 1.56. The van der Waals surface area contributed by atoms with E-state index in [1.54, 1.807) is 18.2 Å². The second kappa shape index (κ2) is 7.63. The van der Waals surface area contributed by atoms with Crippen molar-refractivity contribution >= 4 is 41.2 Å². The summed E-state index contributed by atoms with van der Waals surface area (Å²) in [4.78, 5) is 38.0. The highest BCUT2D eigenvalue weighted by Gasteiger charge is 2.31. The van der Waals surface area contributed by atoms with Crippen LogP contribution in [-0.2, 0) is 14.3 Å². The summed E-state index contributed by atoms with van der Waals surface area (Å²) in [6.45, 7) is 5.67.